The number of benzene rings is 2. The van der Waals surface area contributed by atoms with Gasteiger partial charge in [0.15, 0.2) is 6.61 Å². The van der Waals surface area contributed by atoms with Gasteiger partial charge in [0.1, 0.15) is 0 Å². The topological polar surface area (TPSA) is 81.7 Å². The fourth-order valence-electron chi connectivity index (χ4n) is 3.21. The summed E-state index contributed by atoms with van der Waals surface area (Å²) in [5.74, 6) is -1.44. The van der Waals surface area contributed by atoms with Crippen LogP contribution in [-0.4, -0.2) is 31.6 Å². The molecule has 2 aromatic rings. The number of fused-ring (bicyclic) bond motifs is 1. The van der Waals surface area contributed by atoms with Gasteiger partial charge in [-0.05, 0) is 54.7 Å². The first-order valence-corrected chi connectivity index (χ1v) is 8.81. The highest BCUT2D eigenvalue weighted by Crippen LogP contribution is 2.29. The van der Waals surface area contributed by atoms with Crippen molar-refractivity contribution < 1.29 is 23.9 Å². The lowest BCUT2D eigenvalue weighted by atomic mass is 9.88. The van der Waals surface area contributed by atoms with Crippen molar-refractivity contribution in [2.75, 3.05) is 13.7 Å². The van der Waals surface area contributed by atoms with Crippen molar-refractivity contribution in [1.82, 2.24) is 5.32 Å². The number of nitrogens with one attached hydrogen (secondary N) is 1. The van der Waals surface area contributed by atoms with Gasteiger partial charge >= 0.3 is 11.9 Å². The van der Waals surface area contributed by atoms with Gasteiger partial charge < -0.3 is 14.8 Å². The minimum atomic E-state index is -0.620. The van der Waals surface area contributed by atoms with Crippen LogP contribution in [0.5, 0.6) is 0 Å². The third-order valence-electron chi connectivity index (χ3n) is 4.58. The Labute approximate surface area is 157 Å². The van der Waals surface area contributed by atoms with Crippen molar-refractivity contribution >= 4 is 17.8 Å². The normalized spacial score (nSPS) is 15.4. The van der Waals surface area contributed by atoms with Crippen LogP contribution >= 0.6 is 0 Å². The van der Waals surface area contributed by atoms with Gasteiger partial charge in [-0.25, -0.2) is 9.59 Å². The van der Waals surface area contributed by atoms with Crippen LogP contribution in [0.1, 0.15) is 50.7 Å². The number of esters is 2. The molecule has 3 rings (SSSR count). The van der Waals surface area contributed by atoms with E-state index in [1.807, 2.05) is 18.2 Å². The van der Waals surface area contributed by atoms with Gasteiger partial charge in [-0.1, -0.05) is 24.3 Å². The van der Waals surface area contributed by atoms with E-state index >= 15 is 0 Å². The van der Waals surface area contributed by atoms with Crippen molar-refractivity contribution in [3.8, 4) is 0 Å². The zero-order chi connectivity index (χ0) is 19.2. The molecule has 1 amide bonds. The van der Waals surface area contributed by atoms with E-state index in [2.05, 4.69) is 16.1 Å². The smallest absolute Gasteiger partial charge is 0.338 e. The molecule has 0 saturated carbocycles. The second-order valence-electron chi connectivity index (χ2n) is 6.36. The van der Waals surface area contributed by atoms with Crippen LogP contribution in [0.3, 0.4) is 0 Å². The summed E-state index contributed by atoms with van der Waals surface area (Å²) in [6.45, 7) is -0.351. The van der Waals surface area contributed by atoms with Crippen LogP contribution in [0.2, 0.25) is 0 Å². The molecule has 0 unspecified atom stereocenters. The average Bonchev–Trinajstić information content (AvgIpc) is 2.72. The molecule has 1 N–H and O–H groups in total. The van der Waals surface area contributed by atoms with Gasteiger partial charge in [-0.3, -0.25) is 4.79 Å². The maximum absolute atomic E-state index is 12.2. The predicted molar refractivity (Wildman–Crippen MR) is 98.3 cm³/mol. The number of rotatable bonds is 5. The first kappa shape index (κ1) is 18.6. The molecular weight excluding hydrogens is 346 g/mol. The molecular formula is C21H21NO5. The molecule has 1 aliphatic carbocycles. The molecule has 0 bridgehead atoms. The molecule has 27 heavy (non-hydrogen) atoms. The maximum Gasteiger partial charge on any atom is 0.338 e. The van der Waals surface area contributed by atoms with Gasteiger partial charge in [-0.15, -0.1) is 0 Å². The molecule has 0 aliphatic heterocycles. The van der Waals surface area contributed by atoms with Crippen LogP contribution in [0.4, 0.5) is 0 Å². The third-order valence-corrected chi connectivity index (χ3v) is 4.58. The van der Waals surface area contributed by atoms with Gasteiger partial charge in [-0.2, -0.15) is 0 Å². The summed E-state index contributed by atoms with van der Waals surface area (Å²) in [5, 5.41) is 2.94. The Bertz CT molecular complexity index is 844. The average molecular weight is 367 g/mol. The molecule has 0 fully saturated rings. The van der Waals surface area contributed by atoms with Crippen molar-refractivity contribution in [2.45, 2.75) is 25.3 Å². The number of hydrogen-bond donors (Lipinski definition) is 1. The van der Waals surface area contributed by atoms with E-state index in [4.69, 9.17) is 4.74 Å². The van der Waals surface area contributed by atoms with Gasteiger partial charge in [0.05, 0.1) is 24.3 Å². The summed E-state index contributed by atoms with van der Waals surface area (Å²) in [7, 11) is 1.29. The van der Waals surface area contributed by atoms with Crippen LogP contribution in [0.25, 0.3) is 0 Å². The van der Waals surface area contributed by atoms with E-state index < -0.39 is 11.9 Å². The van der Waals surface area contributed by atoms with E-state index in [9.17, 15) is 14.4 Å². The van der Waals surface area contributed by atoms with Crippen LogP contribution in [0.15, 0.2) is 48.5 Å². The second kappa shape index (κ2) is 8.49. The van der Waals surface area contributed by atoms with Gasteiger partial charge in [0, 0.05) is 0 Å². The number of ether oxygens (including phenoxy) is 2. The lowest BCUT2D eigenvalue weighted by molar-refractivity contribution is -0.125. The van der Waals surface area contributed by atoms with Gasteiger partial charge in [0.25, 0.3) is 5.91 Å². The lowest BCUT2D eigenvalue weighted by Gasteiger charge is -2.26. The summed E-state index contributed by atoms with van der Waals surface area (Å²) in [6, 6.07) is 13.9. The first-order chi connectivity index (χ1) is 13.1. The molecule has 0 spiro atoms. The highest BCUT2D eigenvalue weighted by molar-refractivity contribution is 5.94. The van der Waals surface area contributed by atoms with E-state index in [0.717, 1.165) is 24.8 Å². The zero-order valence-corrected chi connectivity index (χ0v) is 15.1. The van der Waals surface area contributed by atoms with E-state index in [0.29, 0.717) is 5.56 Å². The maximum atomic E-state index is 12.2. The number of carbonyl (C=O) groups is 3. The summed E-state index contributed by atoms with van der Waals surface area (Å²) >= 11 is 0. The van der Waals surface area contributed by atoms with E-state index in [1.165, 1.54) is 36.9 Å². The standard InChI is InChI=1S/C21H21NO5/c1-26-20(24)15-9-11-16(12-10-15)21(25)27-13-19(23)22-18-8-4-6-14-5-2-3-7-17(14)18/h2-3,5,7,9-12,18H,4,6,8,13H2,1H3,(H,22,23)/t18-/m0/s1. The SMILES string of the molecule is COC(=O)c1ccc(C(=O)OCC(=O)N[C@H]2CCCc3ccccc32)cc1. The monoisotopic (exact) mass is 367 g/mol. The molecule has 140 valence electrons. The predicted octanol–water partition coefficient (Wildman–Crippen LogP) is 2.82. The van der Waals surface area contributed by atoms with E-state index in [-0.39, 0.29) is 24.1 Å². The fraction of sp³-hybridized carbons (Fsp3) is 0.286. The molecule has 6 nitrogen and oxygen atoms in total. The first-order valence-electron chi connectivity index (χ1n) is 8.81. The number of hydrogen-bond acceptors (Lipinski definition) is 5. The second-order valence-corrected chi connectivity index (χ2v) is 6.36. The third kappa shape index (κ3) is 4.53. The molecule has 1 aliphatic rings. The molecule has 0 heterocycles. The number of aryl methyl sites for hydroxylation is 1. The Morgan fingerprint density at radius 1 is 1.00 bits per heavy atom. The summed E-state index contributed by atoms with van der Waals surface area (Å²) in [4.78, 5) is 35.7. The highest BCUT2D eigenvalue weighted by Gasteiger charge is 2.22. The highest BCUT2D eigenvalue weighted by atomic mass is 16.5. The molecule has 0 aromatic heterocycles. The molecule has 6 heteroatoms. The number of methoxy groups -OCH3 is 1. The number of carbonyl (C=O) groups excluding carboxylic acids is 3. The summed E-state index contributed by atoms with van der Waals surface area (Å²) in [5.41, 5.74) is 2.97. The fourth-order valence-corrected chi connectivity index (χ4v) is 3.21. The Kier molecular flexibility index (Phi) is 5.86. The van der Waals surface area contributed by atoms with Crippen LogP contribution in [-0.2, 0) is 20.7 Å². The minimum absolute atomic E-state index is 0.0551. The van der Waals surface area contributed by atoms with Crippen LogP contribution < -0.4 is 5.32 Å². The minimum Gasteiger partial charge on any atom is -0.465 e. The number of amides is 1. The molecule has 0 radical (unpaired) electrons. The zero-order valence-electron chi connectivity index (χ0n) is 15.1. The lowest BCUT2D eigenvalue weighted by Crippen LogP contribution is -2.34. The van der Waals surface area contributed by atoms with Crippen molar-refractivity contribution in [3.63, 3.8) is 0 Å². The van der Waals surface area contributed by atoms with Crippen LogP contribution in [0, 0.1) is 0 Å². The van der Waals surface area contributed by atoms with E-state index in [1.54, 1.807) is 0 Å². The Balaban J connectivity index is 1.53. The summed E-state index contributed by atoms with van der Waals surface area (Å²) in [6.07, 6.45) is 2.89. The largest absolute Gasteiger partial charge is 0.465 e. The molecule has 2 aromatic carbocycles. The molecule has 1 atom stereocenters. The van der Waals surface area contributed by atoms with Crippen molar-refractivity contribution in [3.05, 3.63) is 70.8 Å². The van der Waals surface area contributed by atoms with Gasteiger partial charge in [0.2, 0.25) is 0 Å². The quantitative estimate of drug-likeness (QED) is 0.822. The Hall–Kier alpha value is -3.15. The Morgan fingerprint density at radius 2 is 1.67 bits per heavy atom. The summed E-state index contributed by atoms with van der Waals surface area (Å²) < 4.78 is 9.68. The Morgan fingerprint density at radius 3 is 2.37 bits per heavy atom. The van der Waals surface area contributed by atoms with Crippen molar-refractivity contribution in [1.29, 1.82) is 0 Å². The van der Waals surface area contributed by atoms with Crippen molar-refractivity contribution in [2.24, 2.45) is 0 Å². The molecule has 0 saturated heterocycles.